The van der Waals surface area contributed by atoms with E-state index in [0.29, 0.717) is 4.24 Å². The highest BCUT2D eigenvalue weighted by Crippen LogP contribution is 2.55. The smallest absolute Gasteiger partial charge is 0.354 e. The Morgan fingerprint density at radius 3 is 3.00 bits per heavy atom. The summed E-state index contributed by atoms with van der Waals surface area (Å²) in [7, 11) is 0. The number of aromatic nitrogens is 2. The Balaban J connectivity index is 1.55. The highest BCUT2D eigenvalue weighted by Gasteiger charge is 2.58. The van der Waals surface area contributed by atoms with Crippen molar-refractivity contribution < 1.29 is 19.8 Å². The molecule has 4 atom stereocenters. The van der Waals surface area contributed by atoms with E-state index in [9.17, 15) is 19.8 Å². The molecule has 2 N–H and O–H groups in total. The minimum atomic E-state index is -1.08. The summed E-state index contributed by atoms with van der Waals surface area (Å²) in [6, 6.07) is 0. The maximum atomic E-state index is 12.2. The molecule has 1 aromatic rings. The van der Waals surface area contributed by atoms with Gasteiger partial charge in [0.2, 0.25) is 5.91 Å². The van der Waals surface area contributed by atoms with Crippen LogP contribution in [0.1, 0.15) is 12.6 Å². The molecule has 3 aliphatic heterocycles. The summed E-state index contributed by atoms with van der Waals surface area (Å²) in [5.41, 5.74) is 1.21. The minimum absolute atomic E-state index is 0.0709. The zero-order valence-corrected chi connectivity index (χ0v) is 13.9. The van der Waals surface area contributed by atoms with Gasteiger partial charge < -0.3 is 14.8 Å². The highest BCUT2D eigenvalue weighted by molar-refractivity contribution is 8.23. The third-order valence-corrected chi connectivity index (χ3v) is 7.16. The molecule has 0 bridgehead atoms. The van der Waals surface area contributed by atoms with E-state index in [0.717, 1.165) is 18.7 Å². The molecule has 0 saturated carbocycles. The van der Waals surface area contributed by atoms with Crippen LogP contribution in [0.2, 0.25) is 0 Å². The molecule has 0 aromatic carbocycles. The molecule has 1 amide bonds. The van der Waals surface area contributed by atoms with Crippen molar-refractivity contribution in [1.29, 1.82) is 0 Å². The normalized spacial score (nSPS) is 30.3. The number of nitrogens with zero attached hydrogens (tertiary/aromatic N) is 3. The second kappa shape index (κ2) is 5.29. The van der Waals surface area contributed by atoms with Gasteiger partial charge >= 0.3 is 5.97 Å². The second-order valence-corrected chi connectivity index (χ2v) is 8.60. The number of rotatable bonds is 4. The summed E-state index contributed by atoms with van der Waals surface area (Å²) in [5, 5.41) is 19.2. The van der Waals surface area contributed by atoms with Gasteiger partial charge in [0.1, 0.15) is 5.37 Å². The molecule has 122 valence electrons. The number of carbonyl (C=O) groups excluding carboxylic acids is 1. The van der Waals surface area contributed by atoms with E-state index in [2.05, 4.69) is 9.55 Å². The van der Waals surface area contributed by atoms with Gasteiger partial charge in [-0.3, -0.25) is 9.69 Å². The van der Waals surface area contributed by atoms with Gasteiger partial charge in [0, 0.05) is 30.1 Å². The van der Waals surface area contributed by atoms with Crippen molar-refractivity contribution in [2.24, 2.45) is 5.92 Å². The number of imidazole rings is 1. The lowest BCUT2D eigenvalue weighted by atomic mass is 9.92. The number of hydrogen-bond acceptors (Lipinski definition) is 6. The molecule has 9 heteroatoms. The van der Waals surface area contributed by atoms with Crippen LogP contribution in [0, 0.1) is 5.92 Å². The van der Waals surface area contributed by atoms with Crippen molar-refractivity contribution in [3.05, 3.63) is 28.2 Å². The first-order valence-electron chi connectivity index (χ1n) is 7.28. The average molecular weight is 353 g/mol. The molecule has 1 aromatic heterocycles. The van der Waals surface area contributed by atoms with E-state index >= 15 is 0 Å². The first-order valence-corrected chi connectivity index (χ1v) is 9.04. The van der Waals surface area contributed by atoms with E-state index in [1.165, 1.54) is 28.4 Å². The maximum absolute atomic E-state index is 12.2. The number of β-lactam (4-membered cyclic amide) rings is 1. The SMILES string of the molecule is C[C@@H](O)[C@H]1C(=O)N2C(C(=O)O)=C(S[C@H]3Cc4cncn4C3)S[C@H]12. The van der Waals surface area contributed by atoms with E-state index in [1.807, 2.05) is 6.20 Å². The Morgan fingerprint density at radius 2 is 2.35 bits per heavy atom. The lowest BCUT2D eigenvalue weighted by molar-refractivity contribution is -0.156. The van der Waals surface area contributed by atoms with Gasteiger partial charge in [-0.05, 0) is 6.92 Å². The number of fused-ring (bicyclic) bond motifs is 2. The zero-order valence-electron chi connectivity index (χ0n) is 12.2. The average Bonchev–Trinajstić information content (AvgIpc) is 3.10. The number of carbonyl (C=O) groups is 2. The van der Waals surface area contributed by atoms with Crippen LogP contribution in [0.5, 0.6) is 0 Å². The van der Waals surface area contributed by atoms with Gasteiger partial charge in [0.15, 0.2) is 5.70 Å². The molecule has 0 aliphatic carbocycles. The van der Waals surface area contributed by atoms with Crippen molar-refractivity contribution in [2.75, 3.05) is 0 Å². The molecule has 0 spiro atoms. The Labute approximate surface area is 140 Å². The van der Waals surface area contributed by atoms with Gasteiger partial charge in [-0.15, -0.1) is 11.8 Å². The summed E-state index contributed by atoms with van der Waals surface area (Å²) < 4.78 is 2.74. The van der Waals surface area contributed by atoms with Gasteiger partial charge in [-0.2, -0.15) is 0 Å². The number of carboxylic acids is 1. The van der Waals surface area contributed by atoms with Crippen LogP contribution in [0.3, 0.4) is 0 Å². The summed E-state index contributed by atoms with van der Waals surface area (Å²) >= 11 is 2.90. The molecule has 4 rings (SSSR count). The quantitative estimate of drug-likeness (QED) is 0.770. The fourth-order valence-electron chi connectivity index (χ4n) is 3.26. The molecule has 0 radical (unpaired) electrons. The Bertz CT molecular complexity index is 709. The highest BCUT2D eigenvalue weighted by atomic mass is 32.2. The largest absolute Gasteiger partial charge is 0.477 e. The monoisotopic (exact) mass is 353 g/mol. The van der Waals surface area contributed by atoms with Crippen LogP contribution >= 0.6 is 23.5 Å². The van der Waals surface area contributed by atoms with Gasteiger partial charge in [-0.25, -0.2) is 9.78 Å². The fourth-order valence-corrected chi connectivity index (χ4v) is 6.60. The predicted octanol–water partition coefficient (Wildman–Crippen LogP) is 0.707. The Morgan fingerprint density at radius 1 is 1.57 bits per heavy atom. The van der Waals surface area contributed by atoms with Crippen molar-refractivity contribution in [3.8, 4) is 0 Å². The van der Waals surface area contributed by atoms with Crippen molar-refractivity contribution in [2.45, 2.75) is 36.6 Å². The molecule has 1 fully saturated rings. The first kappa shape index (κ1) is 15.1. The topological polar surface area (TPSA) is 95.7 Å². The fraction of sp³-hybridized carbons (Fsp3) is 0.500. The lowest BCUT2D eigenvalue weighted by Gasteiger charge is -2.43. The summed E-state index contributed by atoms with van der Waals surface area (Å²) in [5.74, 6) is -1.90. The van der Waals surface area contributed by atoms with E-state index in [4.69, 9.17) is 0 Å². The predicted molar refractivity (Wildman–Crippen MR) is 85.4 cm³/mol. The lowest BCUT2D eigenvalue weighted by Crippen LogP contribution is -2.60. The van der Waals surface area contributed by atoms with Crippen LogP contribution in [-0.4, -0.2) is 53.3 Å². The van der Waals surface area contributed by atoms with Crippen LogP contribution in [0.25, 0.3) is 0 Å². The molecule has 3 aliphatic rings. The minimum Gasteiger partial charge on any atom is -0.477 e. The second-order valence-electron chi connectivity index (χ2n) is 5.91. The van der Waals surface area contributed by atoms with Gasteiger partial charge in [0.05, 0.1) is 22.6 Å². The molecule has 0 unspecified atom stereocenters. The van der Waals surface area contributed by atoms with E-state index in [1.54, 1.807) is 13.3 Å². The number of aliphatic hydroxyl groups excluding tert-OH is 1. The van der Waals surface area contributed by atoms with Crippen LogP contribution < -0.4 is 0 Å². The van der Waals surface area contributed by atoms with E-state index < -0.39 is 18.0 Å². The Hall–Kier alpha value is -1.45. The van der Waals surface area contributed by atoms with E-state index in [-0.39, 0.29) is 22.2 Å². The van der Waals surface area contributed by atoms with Crippen LogP contribution in [0.4, 0.5) is 0 Å². The van der Waals surface area contributed by atoms with Crippen molar-refractivity contribution in [1.82, 2.24) is 14.5 Å². The van der Waals surface area contributed by atoms with Crippen LogP contribution in [0.15, 0.2) is 22.5 Å². The van der Waals surface area contributed by atoms with Crippen molar-refractivity contribution >= 4 is 35.4 Å². The molecule has 7 nitrogen and oxygen atoms in total. The number of aliphatic hydroxyl groups is 1. The van der Waals surface area contributed by atoms with Crippen molar-refractivity contribution in [3.63, 3.8) is 0 Å². The number of carboxylic acid groups (broad SMARTS) is 1. The van der Waals surface area contributed by atoms with Crippen LogP contribution in [-0.2, 0) is 22.6 Å². The first-order chi connectivity index (χ1) is 11.0. The zero-order chi connectivity index (χ0) is 16.3. The third kappa shape index (κ3) is 2.21. The van der Waals surface area contributed by atoms with Gasteiger partial charge in [0.25, 0.3) is 0 Å². The Kier molecular flexibility index (Phi) is 3.47. The standard InChI is InChI=1S/C14H15N3O4S2/c1-6(18)9-11(19)17-10(13(20)21)14(23-12(9)17)22-8-2-7-3-15-5-16(7)4-8/h3,5-6,8-9,12,18H,2,4H2,1H3,(H,20,21)/t6-,8+,9+,12-/m1/s1. The number of hydrogen-bond donors (Lipinski definition) is 2. The maximum Gasteiger partial charge on any atom is 0.354 e. The summed E-state index contributed by atoms with van der Waals surface area (Å²) in [6.45, 7) is 2.36. The summed E-state index contributed by atoms with van der Waals surface area (Å²) in [4.78, 5) is 29.2. The number of amides is 1. The number of aliphatic carboxylic acids is 1. The molecular formula is C14H15N3O4S2. The third-order valence-electron chi connectivity index (χ3n) is 4.38. The summed E-state index contributed by atoms with van der Waals surface area (Å²) in [6.07, 6.45) is 3.67. The van der Waals surface area contributed by atoms with Gasteiger partial charge in [-0.1, -0.05) is 11.8 Å². The molecule has 23 heavy (non-hydrogen) atoms. The number of thioether (sulfide) groups is 2. The molecular weight excluding hydrogens is 338 g/mol. The molecule has 1 saturated heterocycles. The molecule has 4 heterocycles.